The summed E-state index contributed by atoms with van der Waals surface area (Å²) in [4.78, 5) is 31.7. The maximum Gasteiger partial charge on any atom is 0.335 e. The first-order chi connectivity index (χ1) is 14.9. The molecule has 1 aliphatic heterocycles. The van der Waals surface area contributed by atoms with Gasteiger partial charge in [0.05, 0.1) is 17.6 Å². The Labute approximate surface area is 190 Å². The fourth-order valence-electron chi connectivity index (χ4n) is 2.87. The molecule has 1 fully saturated rings. The fraction of sp³-hybridized carbons (Fsp3) is 0.529. The Morgan fingerprint density at radius 3 is 2.25 bits per heavy atom. The highest BCUT2D eigenvalue weighted by atomic mass is 35.5. The number of nitro groups is 1. The third-order valence-electron chi connectivity index (χ3n) is 4.61. The SMILES string of the molecule is O=C(N[C@H](CO[C@H]1O[C@H](C(=O)O)[C@@H](O)[C@H](O)[C@H]1O)[C@H](O)c1ccc([N+](=O)[O-])cc1)C(Cl)Cl. The van der Waals surface area contributed by atoms with Crippen molar-refractivity contribution in [1.29, 1.82) is 0 Å². The van der Waals surface area contributed by atoms with Crippen molar-refractivity contribution in [3.05, 3.63) is 39.9 Å². The van der Waals surface area contributed by atoms with Gasteiger partial charge in [-0.2, -0.15) is 0 Å². The number of nitro benzene ring substituents is 1. The smallest absolute Gasteiger partial charge is 0.335 e. The molecule has 0 unspecified atom stereocenters. The Kier molecular flexibility index (Phi) is 9.12. The molecule has 0 aromatic heterocycles. The lowest BCUT2D eigenvalue weighted by Crippen LogP contribution is -2.61. The van der Waals surface area contributed by atoms with Crippen LogP contribution in [0.2, 0.25) is 0 Å². The number of aliphatic hydroxyl groups is 4. The highest BCUT2D eigenvalue weighted by Gasteiger charge is 2.47. The molecule has 1 aromatic rings. The number of hydrogen-bond acceptors (Lipinski definition) is 10. The summed E-state index contributed by atoms with van der Waals surface area (Å²) >= 11 is 11.0. The number of carboxylic acids is 1. The second kappa shape index (κ2) is 11.2. The second-order valence-corrected chi connectivity index (χ2v) is 7.87. The maximum atomic E-state index is 11.9. The molecular formula is C17H20Cl2N2O11. The van der Waals surface area contributed by atoms with Crippen molar-refractivity contribution in [1.82, 2.24) is 5.32 Å². The number of amides is 1. The first-order valence-corrected chi connectivity index (χ1v) is 9.86. The van der Waals surface area contributed by atoms with Crippen LogP contribution in [0.25, 0.3) is 0 Å². The number of ether oxygens (including phenoxy) is 2. The van der Waals surface area contributed by atoms with Gasteiger partial charge in [-0.1, -0.05) is 23.2 Å². The third kappa shape index (κ3) is 6.24. The molecule has 15 heteroatoms. The number of rotatable bonds is 9. The lowest BCUT2D eigenvalue weighted by atomic mass is 9.99. The molecule has 1 heterocycles. The van der Waals surface area contributed by atoms with Gasteiger partial charge in [0, 0.05) is 12.1 Å². The summed E-state index contributed by atoms with van der Waals surface area (Å²) in [6.45, 7) is -0.610. The molecule has 7 atom stereocenters. The number of carbonyl (C=O) groups is 2. The van der Waals surface area contributed by atoms with Crippen molar-refractivity contribution >= 4 is 40.8 Å². The van der Waals surface area contributed by atoms with Gasteiger partial charge in [-0.05, 0) is 17.7 Å². The van der Waals surface area contributed by atoms with Gasteiger partial charge in [0.1, 0.15) is 24.4 Å². The van der Waals surface area contributed by atoms with Crippen molar-refractivity contribution in [3.8, 4) is 0 Å². The normalized spacial score (nSPS) is 27.5. The minimum absolute atomic E-state index is 0.133. The first kappa shape index (κ1) is 26.2. The Bertz CT molecular complexity index is 825. The monoisotopic (exact) mass is 498 g/mol. The Balaban J connectivity index is 2.18. The molecule has 1 amide bonds. The molecule has 1 aromatic carbocycles. The summed E-state index contributed by atoms with van der Waals surface area (Å²) in [6, 6.07) is 3.40. The Morgan fingerprint density at radius 1 is 1.16 bits per heavy atom. The topological polar surface area (TPSA) is 209 Å². The van der Waals surface area contributed by atoms with E-state index in [-0.39, 0.29) is 11.3 Å². The van der Waals surface area contributed by atoms with Crippen LogP contribution in [-0.2, 0) is 19.1 Å². The molecular weight excluding hydrogens is 479 g/mol. The van der Waals surface area contributed by atoms with Crippen LogP contribution in [0, 0.1) is 10.1 Å². The van der Waals surface area contributed by atoms with E-state index in [1.165, 1.54) is 12.1 Å². The zero-order valence-electron chi connectivity index (χ0n) is 16.0. The van der Waals surface area contributed by atoms with E-state index >= 15 is 0 Å². The largest absolute Gasteiger partial charge is 0.479 e. The van der Waals surface area contributed by atoms with Crippen LogP contribution >= 0.6 is 23.2 Å². The molecule has 0 saturated carbocycles. The number of halogens is 2. The van der Waals surface area contributed by atoms with Crippen LogP contribution in [0.1, 0.15) is 11.7 Å². The Morgan fingerprint density at radius 2 is 1.75 bits per heavy atom. The number of benzene rings is 1. The fourth-order valence-corrected chi connectivity index (χ4v) is 3.00. The van der Waals surface area contributed by atoms with Crippen molar-refractivity contribution in [2.45, 2.75) is 47.7 Å². The molecule has 32 heavy (non-hydrogen) atoms. The summed E-state index contributed by atoms with van der Waals surface area (Å²) in [7, 11) is 0. The Hall–Kier alpha value is -2.10. The molecule has 1 aliphatic rings. The van der Waals surface area contributed by atoms with Gasteiger partial charge in [0.25, 0.3) is 11.6 Å². The highest BCUT2D eigenvalue weighted by Crippen LogP contribution is 2.25. The summed E-state index contributed by atoms with van der Waals surface area (Å²) in [6.07, 6.45) is -10.9. The van der Waals surface area contributed by atoms with E-state index in [1.54, 1.807) is 0 Å². The minimum Gasteiger partial charge on any atom is -0.479 e. The first-order valence-electron chi connectivity index (χ1n) is 8.99. The van der Waals surface area contributed by atoms with Crippen LogP contribution in [0.5, 0.6) is 0 Å². The standard InChI is InChI=1S/C17H20Cl2N2O11/c18-14(19)15(26)20-8(9(22)6-1-3-7(4-2-6)21(29)30)5-31-17-12(25)10(23)11(24)13(32-17)16(27)28/h1-4,8-14,17,22-25H,5H2,(H,20,26)(H,27,28)/t8-,9-,10+,11+,12-,13+,17+/m1/s1. The van der Waals surface area contributed by atoms with Crippen LogP contribution in [0.4, 0.5) is 5.69 Å². The number of nitrogens with zero attached hydrogens (tertiary/aromatic N) is 1. The molecule has 0 spiro atoms. The van der Waals surface area contributed by atoms with Gasteiger partial charge in [0.2, 0.25) is 0 Å². The quantitative estimate of drug-likeness (QED) is 0.135. The zero-order chi connectivity index (χ0) is 24.2. The average molecular weight is 499 g/mol. The highest BCUT2D eigenvalue weighted by molar-refractivity contribution is 6.53. The number of hydrogen-bond donors (Lipinski definition) is 6. The zero-order valence-corrected chi connectivity index (χ0v) is 17.5. The number of carbonyl (C=O) groups excluding carboxylic acids is 1. The molecule has 0 radical (unpaired) electrons. The van der Waals surface area contributed by atoms with Crippen molar-refractivity contribution < 1.29 is 49.5 Å². The van der Waals surface area contributed by atoms with E-state index in [1.807, 2.05) is 0 Å². The molecule has 0 aliphatic carbocycles. The molecule has 2 rings (SSSR count). The molecule has 6 N–H and O–H groups in total. The number of nitrogens with one attached hydrogen (secondary N) is 1. The van der Waals surface area contributed by atoms with Crippen molar-refractivity contribution in [3.63, 3.8) is 0 Å². The molecule has 1 saturated heterocycles. The van der Waals surface area contributed by atoms with E-state index in [0.717, 1.165) is 12.1 Å². The lowest BCUT2D eigenvalue weighted by molar-refractivity contribution is -0.384. The second-order valence-electron chi connectivity index (χ2n) is 6.78. The van der Waals surface area contributed by atoms with Crippen molar-refractivity contribution in [2.24, 2.45) is 0 Å². The van der Waals surface area contributed by atoms with Crippen molar-refractivity contribution in [2.75, 3.05) is 6.61 Å². The van der Waals surface area contributed by atoms with Crippen LogP contribution < -0.4 is 5.32 Å². The molecule has 13 nitrogen and oxygen atoms in total. The van der Waals surface area contributed by atoms with E-state index in [9.17, 15) is 40.1 Å². The van der Waals surface area contributed by atoms with Gasteiger partial charge in [-0.25, -0.2) is 4.79 Å². The van der Waals surface area contributed by atoms with E-state index in [2.05, 4.69) is 5.32 Å². The average Bonchev–Trinajstić information content (AvgIpc) is 2.75. The summed E-state index contributed by atoms with van der Waals surface area (Å²) in [5.41, 5.74) is -0.112. The van der Waals surface area contributed by atoms with Crippen LogP contribution in [-0.4, -0.2) is 90.5 Å². The van der Waals surface area contributed by atoms with Gasteiger partial charge in [-0.15, -0.1) is 0 Å². The third-order valence-corrected chi connectivity index (χ3v) is 5.00. The number of carboxylic acid groups (broad SMARTS) is 1. The summed E-state index contributed by atoms with van der Waals surface area (Å²) in [5.74, 6) is -2.55. The maximum absolute atomic E-state index is 11.9. The van der Waals surface area contributed by atoms with E-state index in [0.29, 0.717) is 0 Å². The summed E-state index contributed by atoms with van der Waals surface area (Å²) in [5, 5.41) is 62.4. The minimum atomic E-state index is -1.93. The van der Waals surface area contributed by atoms with Gasteiger partial charge in [-0.3, -0.25) is 14.9 Å². The molecule has 178 valence electrons. The van der Waals surface area contributed by atoms with E-state index < -0.39 is 71.1 Å². The van der Waals surface area contributed by atoms with Crippen LogP contribution in [0.15, 0.2) is 24.3 Å². The summed E-state index contributed by atoms with van der Waals surface area (Å²) < 4.78 is 10.2. The lowest BCUT2D eigenvalue weighted by Gasteiger charge is -2.39. The number of non-ortho nitro benzene ring substituents is 1. The number of alkyl halides is 2. The molecule has 0 bridgehead atoms. The van der Waals surface area contributed by atoms with Gasteiger partial charge < -0.3 is 40.3 Å². The number of aliphatic hydroxyl groups excluding tert-OH is 4. The predicted molar refractivity (Wildman–Crippen MR) is 106 cm³/mol. The van der Waals surface area contributed by atoms with E-state index in [4.69, 9.17) is 37.8 Å². The van der Waals surface area contributed by atoms with Gasteiger partial charge >= 0.3 is 5.97 Å². The number of aliphatic carboxylic acids is 1. The van der Waals surface area contributed by atoms with Crippen LogP contribution in [0.3, 0.4) is 0 Å². The predicted octanol–water partition coefficient (Wildman–Crippen LogP) is -1.17. The van der Waals surface area contributed by atoms with Gasteiger partial charge in [0.15, 0.2) is 17.2 Å².